The zero-order valence-electron chi connectivity index (χ0n) is 19.4. The van der Waals surface area contributed by atoms with Gasteiger partial charge in [-0.1, -0.05) is 109 Å². The van der Waals surface area contributed by atoms with Crippen LogP contribution in [-0.2, 0) is 5.54 Å². The number of aromatic nitrogens is 4. The molecular formula is C30H23N5O. The molecule has 0 aliphatic rings. The van der Waals surface area contributed by atoms with Crippen molar-refractivity contribution in [3.63, 3.8) is 0 Å². The first-order valence-corrected chi connectivity index (χ1v) is 11.7. The lowest BCUT2D eigenvalue weighted by Gasteiger charge is -2.37. The molecule has 2 N–H and O–H groups in total. The smallest absolute Gasteiger partial charge is 0.276 e. The van der Waals surface area contributed by atoms with E-state index in [9.17, 15) is 4.79 Å². The first-order valence-electron chi connectivity index (χ1n) is 11.7. The van der Waals surface area contributed by atoms with E-state index < -0.39 is 5.54 Å². The van der Waals surface area contributed by atoms with Gasteiger partial charge in [-0.2, -0.15) is 10.2 Å². The minimum absolute atomic E-state index is 0.297. The quantitative estimate of drug-likeness (QED) is 0.300. The van der Waals surface area contributed by atoms with Crippen LogP contribution in [0.25, 0.3) is 10.9 Å². The van der Waals surface area contributed by atoms with Crippen LogP contribution in [0.15, 0.2) is 128 Å². The highest BCUT2D eigenvalue weighted by atomic mass is 16.2. The summed E-state index contributed by atoms with van der Waals surface area (Å²) < 4.78 is 1.99. The number of carbonyl (C=O) groups is 1. The van der Waals surface area contributed by atoms with Crippen molar-refractivity contribution >= 4 is 22.5 Å². The monoisotopic (exact) mass is 469 g/mol. The fraction of sp³-hybridized carbons (Fsp3) is 0.0333. The number of aromatic amines is 1. The number of fused-ring (bicyclic) bond motifs is 1. The van der Waals surface area contributed by atoms with E-state index in [0.29, 0.717) is 11.4 Å². The third-order valence-corrected chi connectivity index (χ3v) is 6.45. The molecule has 4 aromatic carbocycles. The topological polar surface area (TPSA) is 75.6 Å². The van der Waals surface area contributed by atoms with Gasteiger partial charge in [0.05, 0.1) is 17.4 Å². The highest BCUT2D eigenvalue weighted by Crippen LogP contribution is 2.42. The van der Waals surface area contributed by atoms with Crippen molar-refractivity contribution in [1.82, 2.24) is 20.0 Å². The molecule has 0 radical (unpaired) electrons. The molecule has 2 heterocycles. The van der Waals surface area contributed by atoms with Crippen LogP contribution < -0.4 is 5.32 Å². The van der Waals surface area contributed by atoms with Crippen LogP contribution in [0.5, 0.6) is 0 Å². The fourth-order valence-electron chi connectivity index (χ4n) is 4.90. The van der Waals surface area contributed by atoms with E-state index in [4.69, 9.17) is 5.10 Å². The Hall–Kier alpha value is -4.97. The molecule has 0 aliphatic carbocycles. The number of hydrogen-bond donors (Lipinski definition) is 2. The molecule has 6 nitrogen and oxygen atoms in total. The second-order valence-corrected chi connectivity index (χ2v) is 8.53. The number of para-hydroxylation sites is 1. The SMILES string of the molecule is O=C(Nc1cn[nH]c1)c1nn(C(c2ccccc2)(c2ccccc2)c2ccccc2)c2ccccc12. The van der Waals surface area contributed by atoms with E-state index in [1.165, 1.54) is 0 Å². The third-order valence-electron chi connectivity index (χ3n) is 6.45. The van der Waals surface area contributed by atoms with Crippen LogP contribution in [0.1, 0.15) is 27.2 Å². The average Bonchev–Trinajstić information content (AvgIpc) is 3.60. The molecule has 174 valence electrons. The second kappa shape index (κ2) is 9.00. The van der Waals surface area contributed by atoms with Crippen molar-refractivity contribution in [2.24, 2.45) is 0 Å². The Balaban J connectivity index is 1.69. The summed E-state index contributed by atoms with van der Waals surface area (Å²) in [6.45, 7) is 0. The van der Waals surface area contributed by atoms with E-state index in [1.54, 1.807) is 12.4 Å². The summed E-state index contributed by atoms with van der Waals surface area (Å²) in [5.74, 6) is -0.297. The van der Waals surface area contributed by atoms with Gasteiger partial charge in [-0.15, -0.1) is 0 Å². The van der Waals surface area contributed by atoms with E-state index in [-0.39, 0.29) is 5.91 Å². The summed E-state index contributed by atoms with van der Waals surface area (Å²) in [4.78, 5) is 13.4. The van der Waals surface area contributed by atoms with Crippen molar-refractivity contribution < 1.29 is 4.79 Å². The maximum Gasteiger partial charge on any atom is 0.276 e. The maximum atomic E-state index is 13.4. The molecule has 0 bridgehead atoms. The summed E-state index contributed by atoms with van der Waals surface area (Å²) in [5, 5.41) is 15.4. The van der Waals surface area contributed by atoms with Gasteiger partial charge in [0.15, 0.2) is 5.69 Å². The molecule has 0 unspecified atom stereocenters. The molecule has 2 aromatic heterocycles. The van der Waals surface area contributed by atoms with Crippen LogP contribution in [-0.4, -0.2) is 25.9 Å². The molecule has 0 saturated carbocycles. The number of anilines is 1. The summed E-state index contributed by atoms with van der Waals surface area (Å²) >= 11 is 0. The molecule has 0 saturated heterocycles. The number of nitrogens with zero attached hydrogens (tertiary/aromatic N) is 3. The standard InChI is InChI=1S/C30H23N5O/c36-29(33-25-20-31-32-21-25)28-26-18-10-11-19-27(26)35(34-28)30(22-12-4-1-5-13-22,23-14-6-2-7-15-23)24-16-8-3-9-17-24/h1-21H,(H,31,32)(H,33,36). The van der Waals surface area contributed by atoms with Gasteiger partial charge >= 0.3 is 0 Å². The molecule has 36 heavy (non-hydrogen) atoms. The van der Waals surface area contributed by atoms with Gasteiger partial charge in [0.2, 0.25) is 0 Å². The first-order chi connectivity index (χ1) is 17.8. The van der Waals surface area contributed by atoms with Crippen LogP contribution >= 0.6 is 0 Å². The lowest BCUT2D eigenvalue weighted by atomic mass is 9.77. The maximum absolute atomic E-state index is 13.4. The van der Waals surface area contributed by atoms with Crippen molar-refractivity contribution in [1.29, 1.82) is 0 Å². The Morgan fingerprint density at radius 3 is 1.78 bits per heavy atom. The molecular weight excluding hydrogens is 446 g/mol. The number of amides is 1. The Bertz CT molecular complexity index is 1510. The van der Waals surface area contributed by atoms with E-state index in [0.717, 1.165) is 27.6 Å². The molecule has 6 heteroatoms. The minimum atomic E-state index is -0.822. The zero-order valence-corrected chi connectivity index (χ0v) is 19.4. The Morgan fingerprint density at radius 2 is 1.25 bits per heavy atom. The van der Waals surface area contributed by atoms with E-state index >= 15 is 0 Å². The normalized spacial score (nSPS) is 11.4. The van der Waals surface area contributed by atoms with Crippen LogP contribution in [0.2, 0.25) is 0 Å². The molecule has 1 amide bonds. The molecule has 6 rings (SSSR count). The van der Waals surface area contributed by atoms with Crippen molar-refractivity contribution in [2.75, 3.05) is 5.32 Å². The Kier molecular flexibility index (Phi) is 5.39. The Morgan fingerprint density at radius 1 is 0.722 bits per heavy atom. The summed E-state index contributed by atoms with van der Waals surface area (Å²) in [6, 6.07) is 38.8. The number of nitrogens with one attached hydrogen (secondary N) is 2. The van der Waals surface area contributed by atoms with Gasteiger partial charge in [-0.25, -0.2) is 4.68 Å². The van der Waals surface area contributed by atoms with Gasteiger partial charge in [-0.05, 0) is 22.8 Å². The second-order valence-electron chi connectivity index (χ2n) is 8.53. The summed E-state index contributed by atoms with van der Waals surface area (Å²) in [7, 11) is 0. The van der Waals surface area contributed by atoms with Gasteiger partial charge in [0.25, 0.3) is 5.91 Å². The number of hydrogen-bond acceptors (Lipinski definition) is 3. The lowest BCUT2D eigenvalue weighted by molar-refractivity contribution is 0.102. The van der Waals surface area contributed by atoms with Crippen molar-refractivity contribution in [3.05, 3.63) is 150 Å². The predicted octanol–water partition coefficient (Wildman–Crippen LogP) is 5.85. The highest BCUT2D eigenvalue weighted by molar-refractivity contribution is 6.11. The van der Waals surface area contributed by atoms with Crippen LogP contribution in [0.3, 0.4) is 0 Å². The fourth-order valence-corrected chi connectivity index (χ4v) is 4.90. The summed E-state index contributed by atoms with van der Waals surface area (Å²) in [5.41, 5.74) is 4.08. The summed E-state index contributed by atoms with van der Waals surface area (Å²) in [6.07, 6.45) is 3.21. The van der Waals surface area contributed by atoms with Crippen molar-refractivity contribution in [2.45, 2.75) is 5.54 Å². The van der Waals surface area contributed by atoms with Gasteiger partial charge in [-0.3, -0.25) is 9.89 Å². The first kappa shape index (κ1) is 21.6. The number of benzene rings is 4. The molecule has 0 atom stereocenters. The zero-order chi connectivity index (χ0) is 24.4. The van der Waals surface area contributed by atoms with Crippen LogP contribution in [0.4, 0.5) is 5.69 Å². The number of rotatable bonds is 6. The van der Waals surface area contributed by atoms with Gasteiger partial charge < -0.3 is 5.32 Å². The molecule has 0 fully saturated rings. The number of H-pyrrole nitrogens is 1. The average molecular weight is 470 g/mol. The van der Waals surface area contributed by atoms with Crippen LogP contribution in [0, 0.1) is 0 Å². The lowest BCUT2D eigenvalue weighted by Crippen LogP contribution is -2.38. The molecule has 0 aliphatic heterocycles. The third kappa shape index (κ3) is 3.47. The Labute approximate surface area is 208 Å². The van der Waals surface area contributed by atoms with E-state index in [2.05, 4.69) is 51.9 Å². The van der Waals surface area contributed by atoms with Gasteiger partial charge in [0.1, 0.15) is 5.54 Å². The van der Waals surface area contributed by atoms with Crippen molar-refractivity contribution in [3.8, 4) is 0 Å². The highest BCUT2D eigenvalue weighted by Gasteiger charge is 2.41. The molecule has 6 aromatic rings. The number of carbonyl (C=O) groups excluding carboxylic acids is 1. The minimum Gasteiger partial charge on any atom is -0.318 e. The van der Waals surface area contributed by atoms with E-state index in [1.807, 2.05) is 83.5 Å². The van der Waals surface area contributed by atoms with Gasteiger partial charge in [0, 0.05) is 11.6 Å². The molecule has 0 spiro atoms. The largest absolute Gasteiger partial charge is 0.318 e. The predicted molar refractivity (Wildman–Crippen MR) is 141 cm³/mol.